The predicted octanol–water partition coefficient (Wildman–Crippen LogP) is 3.13. The number of nitrogens with two attached hydrogens (primary N) is 1. The Morgan fingerprint density at radius 3 is 2.48 bits per heavy atom. The SMILES string of the molecule is CNC(c1cnccc1N)c1cccc(C(F)(F)F)c1F. The first kappa shape index (κ1) is 15.2. The molecular weight excluding hydrogens is 286 g/mol. The van der Waals surface area contributed by atoms with Gasteiger partial charge in [0.1, 0.15) is 5.82 Å². The van der Waals surface area contributed by atoms with Gasteiger partial charge in [0.2, 0.25) is 0 Å². The van der Waals surface area contributed by atoms with E-state index >= 15 is 0 Å². The summed E-state index contributed by atoms with van der Waals surface area (Å²) in [6.07, 6.45) is -1.90. The van der Waals surface area contributed by atoms with E-state index in [2.05, 4.69) is 10.3 Å². The third-order valence-corrected chi connectivity index (χ3v) is 3.13. The number of pyridine rings is 1. The number of nitrogens with one attached hydrogen (secondary N) is 1. The minimum Gasteiger partial charge on any atom is -0.398 e. The fraction of sp³-hybridized carbons (Fsp3) is 0.214. The van der Waals surface area contributed by atoms with Crippen molar-refractivity contribution < 1.29 is 17.6 Å². The number of benzene rings is 1. The molecule has 0 saturated heterocycles. The summed E-state index contributed by atoms with van der Waals surface area (Å²) in [5, 5.41) is 2.77. The smallest absolute Gasteiger partial charge is 0.398 e. The molecule has 0 aliphatic carbocycles. The number of aromatic nitrogens is 1. The highest BCUT2D eigenvalue weighted by atomic mass is 19.4. The van der Waals surface area contributed by atoms with E-state index in [0.29, 0.717) is 17.3 Å². The minimum absolute atomic E-state index is 0.132. The van der Waals surface area contributed by atoms with Crippen LogP contribution in [0.2, 0.25) is 0 Å². The Morgan fingerprint density at radius 1 is 1.19 bits per heavy atom. The number of halogens is 4. The van der Waals surface area contributed by atoms with Gasteiger partial charge in [-0.1, -0.05) is 12.1 Å². The molecule has 21 heavy (non-hydrogen) atoms. The molecule has 1 atom stereocenters. The van der Waals surface area contributed by atoms with Crippen molar-refractivity contribution in [1.29, 1.82) is 0 Å². The Hall–Kier alpha value is -2.15. The molecule has 112 valence electrons. The third kappa shape index (κ3) is 2.97. The molecular formula is C14H13F4N3. The average molecular weight is 299 g/mol. The second-order valence-electron chi connectivity index (χ2n) is 4.43. The maximum atomic E-state index is 14.2. The van der Waals surface area contributed by atoms with Gasteiger partial charge >= 0.3 is 6.18 Å². The molecule has 2 rings (SSSR count). The van der Waals surface area contributed by atoms with Crippen LogP contribution in [0.15, 0.2) is 36.7 Å². The van der Waals surface area contributed by atoms with Crippen molar-refractivity contribution in [3.05, 3.63) is 59.2 Å². The van der Waals surface area contributed by atoms with Crippen LogP contribution < -0.4 is 11.1 Å². The number of rotatable bonds is 3. The van der Waals surface area contributed by atoms with E-state index in [1.807, 2.05) is 0 Å². The number of hydrogen-bond donors (Lipinski definition) is 2. The summed E-state index contributed by atoms with van der Waals surface area (Å²) in [5.41, 5.74) is 5.08. The Labute approximate surface area is 118 Å². The second-order valence-corrected chi connectivity index (χ2v) is 4.43. The van der Waals surface area contributed by atoms with Crippen molar-refractivity contribution >= 4 is 5.69 Å². The van der Waals surface area contributed by atoms with Crippen LogP contribution >= 0.6 is 0 Å². The molecule has 0 spiro atoms. The molecule has 0 aliphatic heterocycles. The summed E-state index contributed by atoms with van der Waals surface area (Å²) in [6.45, 7) is 0. The summed E-state index contributed by atoms with van der Waals surface area (Å²) in [6, 6.07) is 3.85. The van der Waals surface area contributed by atoms with Crippen LogP contribution in [0.1, 0.15) is 22.7 Å². The van der Waals surface area contributed by atoms with Crippen molar-refractivity contribution in [3.63, 3.8) is 0 Å². The largest absolute Gasteiger partial charge is 0.419 e. The lowest BCUT2D eigenvalue weighted by molar-refractivity contribution is -0.140. The van der Waals surface area contributed by atoms with Gasteiger partial charge in [-0.3, -0.25) is 4.98 Å². The molecule has 0 aliphatic rings. The van der Waals surface area contributed by atoms with Gasteiger partial charge in [-0.05, 0) is 19.2 Å². The number of alkyl halides is 3. The average Bonchev–Trinajstić information content (AvgIpc) is 2.42. The predicted molar refractivity (Wildman–Crippen MR) is 71.0 cm³/mol. The Kier molecular flexibility index (Phi) is 4.13. The van der Waals surface area contributed by atoms with E-state index in [4.69, 9.17) is 5.73 Å². The van der Waals surface area contributed by atoms with Crippen molar-refractivity contribution in [2.24, 2.45) is 0 Å². The van der Waals surface area contributed by atoms with Crippen LogP contribution in [0.25, 0.3) is 0 Å². The first-order chi connectivity index (χ1) is 9.86. The monoisotopic (exact) mass is 299 g/mol. The van der Waals surface area contributed by atoms with Gasteiger partial charge in [0.25, 0.3) is 0 Å². The van der Waals surface area contributed by atoms with E-state index in [0.717, 1.165) is 6.07 Å². The van der Waals surface area contributed by atoms with Gasteiger partial charge in [-0.2, -0.15) is 13.2 Å². The standard InChI is InChI=1S/C14H13F4N3/c1-20-13(9-7-21-6-5-11(9)19)8-3-2-4-10(12(8)15)14(16,17)18/h2-7,13,20H,1H3,(H2,19,21). The summed E-state index contributed by atoms with van der Waals surface area (Å²) < 4.78 is 52.5. The maximum Gasteiger partial charge on any atom is 0.419 e. The molecule has 0 saturated carbocycles. The quantitative estimate of drug-likeness (QED) is 0.856. The third-order valence-electron chi connectivity index (χ3n) is 3.13. The molecule has 3 N–H and O–H groups in total. The summed E-state index contributed by atoms with van der Waals surface area (Å²) >= 11 is 0. The van der Waals surface area contributed by atoms with Crippen LogP contribution in [-0.2, 0) is 6.18 Å². The Balaban J connectivity index is 2.57. The Morgan fingerprint density at radius 2 is 1.90 bits per heavy atom. The fourth-order valence-electron chi connectivity index (χ4n) is 2.13. The van der Waals surface area contributed by atoms with Crippen LogP contribution in [0, 0.1) is 5.82 Å². The number of nitrogens with zero attached hydrogens (tertiary/aromatic N) is 1. The molecule has 1 aromatic carbocycles. The highest BCUT2D eigenvalue weighted by Gasteiger charge is 2.36. The zero-order valence-corrected chi connectivity index (χ0v) is 11.1. The lowest BCUT2D eigenvalue weighted by Gasteiger charge is -2.20. The Bertz CT molecular complexity index is 640. The zero-order chi connectivity index (χ0) is 15.6. The van der Waals surface area contributed by atoms with Gasteiger partial charge < -0.3 is 11.1 Å². The molecule has 0 fully saturated rings. The minimum atomic E-state index is -4.75. The number of hydrogen-bond acceptors (Lipinski definition) is 3. The molecule has 0 radical (unpaired) electrons. The highest BCUT2D eigenvalue weighted by Crippen LogP contribution is 2.35. The fourth-order valence-corrected chi connectivity index (χ4v) is 2.13. The van der Waals surface area contributed by atoms with Crippen LogP contribution in [0.3, 0.4) is 0 Å². The van der Waals surface area contributed by atoms with Crippen LogP contribution in [0.4, 0.5) is 23.2 Å². The van der Waals surface area contributed by atoms with Crippen molar-refractivity contribution in [2.45, 2.75) is 12.2 Å². The van der Waals surface area contributed by atoms with Gasteiger partial charge in [0.05, 0.1) is 11.6 Å². The molecule has 1 heterocycles. The summed E-state index contributed by atoms with van der Waals surface area (Å²) in [4.78, 5) is 3.88. The lowest BCUT2D eigenvalue weighted by Crippen LogP contribution is -2.22. The summed E-state index contributed by atoms with van der Waals surface area (Å²) in [7, 11) is 1.51. The normalized spacial score (nSPS) is 13.2. The first-order valence-electron chi connectivity index (χ1n) is 6.08. The molecule has 0 bridgehead atoms. The van der Waals surface area contributed by atoms with Gasteiger partial charge in [0.15, 0.2) is 0 Å². The first-order valence-corrected chi connectivity index (χ1v) is 6.08. The lowest BCUT2D eigenvalue weighted by atomic mass is 9.96. The zero-order valence-electron chi connectivity index (χ0n) is 11.1. The maximum absolute atomic E-state index is 14.2. The highest BCUT2D eigenvalue weighted by molar-refractivity contribution is 5.50. The van der Waals surface area contributed by atoms with Crippen LogP contribution in [-0.4, -0.2) is 12.0 Å². The van der Waals surface area contributed by atoms with E-state index in [9.17, 15) is 17.6 Å². The van der Waals surface area contributed by atoms with Gasteiger partial charge in [-0.25, -0.2) is 4.39 Å². The van der Waals surface area contributed by atoms with E-state index < -0.39 is 23.6 Å². The molecule has 2 aromatic rings. The summed E-state index contributed by atoms with van der Waals surface area (Å²) in [5.74, 6) is -1.31. The van der Waals surface area contributed by atoms with E-state index in [-0.39, 0.29) is 5.56 Å². The second kappa shape index (κ2) is 5.69. The van der Waals surface area contributed by atoms with Gasteiger partial charge in [-0.15, -0.1) is 0 Å². The molecule has 1 aromatic heterocycles. The molecule has 1 unspecified atom stereocenters. The van der Waals surface area contributed by atoms with E-state index in [1.165, 1.54) is 31.6 Å². The van der Waals surface area contributed by atoms with Crippen molar-refractivity contribution in [1.82, 2.24) is 10.3 Å². The number of nitrogen functional groups attached to an aromatic ring is 1. The van der Waals surface area contributed by atoms with Crippen LogP contribution in [0.5, 0.6) is 0 Å². The molecule has 3 nitrogen and oxygen atoms in total. The van der Waals surface area contributed by atoms with Crippen molar-refractivity contribution in [3.8, 4) is 0 Å². The topological polar surface area (TPSA) is 50.9 Å². The molecule has 7 heteroatoms. The van der Waals surface area contributed by atoms with E-state index in [1.54, 1.807) is 0 Å². The number of anilines is 1. The molecule has 0 amide bonds. The van der Waals surface area contributed by atoms with Gasteiger partial charge in [0, 0.05) is 29.2 Å². The van der Waals surface area contributed by atoms with Crippen molar-refractivity contribution in [2.75, 3.05) is 12.8 Å².